The number of methoxy groups -OCH3 is 1. The fourth-order valence-electron chi connectivity index (χ4n) is 4.22. The van der Waals surface area contributed by atoms with E-state index in [2.05, 4.69) is 16.7 Å². The quantitative estimate of drug-likeness (QED) is 0.533. The van der Waals surface area contributed by atoms with Gasteiger partial charge in [0.1, 0.15) is 5.82 Å². The smallest absolute Gasteiger partial charge is 0.225 e. The third kappa shape index (κ3) is 4.82. The van der Waals surface area contributed by atoms with Crippen LogP contribution < -0.4 is 20.3 Å². The number of ether oxygens (including phenoxy) is 1. The van der Waals surface area contributed by atoms with Crippen molar-refractivity contribution in [3.8, 4) is 11.5 Å². The molecule has 1 heterocycles. The Labute approximate surface area is 183 Å². The second kappa shape index (κ2) is 9.39. The number of aromatic nitrogens is 2. The highest BCUT2D eigenvalue weighted by molar-refractivity contribution is 5.90. The number of phenolic OH excluding ortho intramolecular Hbond substituents is 1. The van der Waals surface area contributed by atoms with E-state index >= 15 is 0 Å². The van der Waals surface area contributed by atoms with Crippen LogP contribution in [0.3, 0.4) is 0 Å². The Kier molecular flexibility index (Phi) is 6.42. The van der Waals surface area contributed by atoms with Gasteiger partial charge in [-0.15, -0.1) is 0 Å². The maximum absolute atomic E-state index is 10.3. The van der Waals surface area contributed by atoms with E-state index in [9.17, 15) is 5.11 Å². The zero-order chi connectivity index (χ0) is 21.8. The summed E-state index contributed by atoms with van der Waals surface area (Å²) in [6.45, 7) is 0.631. The molecule has 1 fully saturated rings. The number of hydrogen-bond donors (Lipinski definition) is 3. The molecule has 2 aromatic carbocycles. The van der Waals surface area contributed by atoms with Gasteiger partial charge in [-0.1, -0.05) is 24.3 Å². The van der Waals surface area contributed by atoms with Crippen LogP contribution in [0.4, 0.5) is 11.8 Å². The molecule has 0 spiro atoms. The second-order valence-corrected chi connectivity index (χ2v) is 8.32. The van der Waals surface area contributed by atoms with Crippen molar-refractivity contribution in [2.45, 2.75) is 44.3 Å². The van der Waals surface area contributed by atoms with Crippen LogP contribution in [-0.2, 0) is 6.54 Å². The summed E-state index contributed by atoms with van der Waals surface area (Å²) in [4.78, 5) is 11.5. The Morgan fingerprint density at radius 1 is 1.00 bits per heavy atom. The van der Waals surface area contributed by atoms with Gasteiger partial charge in [-0.25, -0.2) is 4.98 Å². The second-order valence-electron chi connectivity index (χ2n) is 8.32. The molecule has 0 aliphatic heterocycles. The number of hydrogen-bond acceptors (Lipinski definition) is 7. The first-order chi connectivity index (χ1) is 15.0. The highest BCUT2D eigenvalue weighted by Crippen LogP contribution is 2.30. The molecule has 1 aromatic heterocycles. The molecule has 0 amide bonds. The summed E-state index contributed by atoms with van der Waals surface area (Å²) in [5, 5.41) is 18.5. The van der Waals surface area contributed by atoms with Crippen molar-refractivity contribution in [2.75, 3.05) is 31.4 Å². The van der Waals surface area contributed by atoms with Gasteiger partial charge in [-0.3, -0.25) is 0 Å². The van der Waals surface area contributed by atoms with E-state index in [4.69, 9.17) is 14.7 Å². The number of phenols is 1. The molecular weight excluding hydrogens is 390 g/mol. The van der Waals surface area contributed by atoms with E-state index in [1.54, 1.807) is 13.2 Å². The molecule has 3 N–H and O–H groups in total. The van der Waals surface area contributed by atoms with Crippen molar-refractivity contribution in [1.82, 2.24) is 15.3 Å². The lowest BCUT2D eigenvalue weighted by Gasteiger charge is -2.30. The van der Waals surface area contributed by atoms with Crippen molar-refractivity contribution < 1.29 is 9.84 Å². The molecule has 31 heavy (non-hydrogen) atoms. The van der Waals surface area contributed by atoms with Crippen LogP contribution in [0.1, 0.15) is 31.2 Å². The van der Waals surface area contributed by atoms with E-state index in [0.717, 1.165) is 48.0 Å². The normalized spacial score (nSPS) is 18.7. The maximum atomic E-state index is 10.3. The number of para-hydroxylation sites is 2. The fourth-order valence-corrected chi connectivity index (χ4v) is 4.22. The monoisotopic (exact) mass is 421 g/mol. The molecule has 0 saturated heterocycles. The molecule has 0 atom stereocenters. The molecule has 4 rings (SSSR count). The molecule has 0 radical (unpaired) electrons. The summed E-state index contributed by atoms with van der Waals surface area (Å²) >= 11 is 0. The van der Waals surface area contributed by atoms with E-state index in [1.807, 2.05) is 49.3 Å². The number of nitrogens with zero attached hydrogens (tertiary/aromatic N) is 3. The molecule has 1 aliphatic rings. The fraction of sp³-hybridized carbons (Fsp3) is 0.417. The van der Waals surface area contributed by atoms with Crippen LogP contribution in [0.5, 0.6) is 11.5 Å². The van der Waals surface area contributed by atoms with Gasteiger partial charge in [0.05, 0.1) is 12.6 Å². The topological polar surface area (TPSA) is 82.5 Å². The van der Waals surface area contributed by atoms with Gasteiger partial charge >= 0.3 is 0 Å². The Bertz CT molecular complexity index is 1030. The Balaban J connectivity index is 1.34. The largest absolute Gasteiger partial charge is 0.504 e. The molecule has 3 aromatic rings. The highest BCUT2D eigenvalue weighted by atomic mass is 16.5. The van der Waals surface area contributed by atoms with Crippen LogP contribution in [0.15, 0.2) is 42.5 Å². The van der Waals surface area contributed by atoms with Crippen molar-refractivity contribution in [2.24, 2.45) is 0 Å². The standard InChI is InChI=1S/C24H31N5O2/c1-29(2)23-19-8-4-5-9-20(19)27-24(28-23)26-18-13-11-17(12-14-18)25-15-16-7-6-10-21(31-3)22(16)30/h4-10,17-18,25,30H,11-15H2,1-3H3,(H,26,27,28). The van der Waals surface area contributed by atoms with Gasteiger partial charge in [0, 0.05) is 43.7 Å². The third-order valence-electron chi connectivity index (χ3n) is 5.95. The first kappa shape index (κ1) is 21.2. The number of benzene rings is 2. The molecular formula is C24H31N5O2. The van der Waals surface area contributed by atoms with Gasteiger partial charge in [0.15, 0.2) is 11.5 Å². The predicted molar refractivity (Wildman–Crippen MR) is 125 cm³/mol. The van der Waals surface area contributed by atoms with Crippen molar-refractivity contribution in [3.63, 3.8) is 0 Å². The Morgan fingerprint density at radius 3 is 2.48 bits per heavy atom. The van der Waals surface area contributed by atoms with Gasteiger partial charge in [0.25, 0.3) is 0 Å². The lowest BCUT2D eigenvalue weighted by atomic mass is 9.91. The summed E-state index contributed by atoms with van der Waals surface area (Å²) in [5.41, 5.74) is 1.82. The summed E-state index contributed by atoms with van der Waals surface area (Å²) < 4.78 is 5.20. The van der Waals surface area contributed by atoms with Crippen LogP contribution >= 0.6 is 0 Å². The van der Waals surface area contributed by atoms with E-state index in [-0.39, 0.29) is 5.75 Å². The summed E-state index contributed by atoms with van der Waals surface area (Å²) in [5.74, 6) is 2.36. The van der Waals surface area contributed by atoms with Crippen LogP contribution in [0.25, 0.3) is 10.9 Å². The maximum Gasteiger partial charge on any atom is 0.225 e. The van der Waals surface area contributed by atoms with E-state index < -0.39 is 0 Å². The first-order valence-corrected chi connectivity index (χ1v) is 10.8. The van der Waals surface area contributed by atoms with Gasteiger partial charge in [-0.2, -0.15) is 4.98 Å². The van der Waals surface area contributed by atoms with Gasteiger partial charge in [0.2, 0.25) is 5.95 Å². The number of rotatable bonds is 7. The molecule has 7 heteroatoms. The summed E-state index contributed by atoms with van der Waals surface area (Å²) in [6.07, 6.45) is 4.23. The van der Waals surface area contributed by atoms with E-state index in [1.165, 1.54) is 0 Å². The zero-order valence-electron chi connectivity index (χ0n) is 18.4. The third-order valence-corrected chi connectivity index (χ3v) is 5.95. The van der Waals surface area contributed by atoms with Crippen LogP contribution in [-0.4, -0.2) is 48.4 Å². The van der Waals surface area contributed by atoms with Gasteiger partial charge in [-0.05, 0) is 43.9 Å². The van der Waals surface area contributed by atoms with Crippen molar-refractivity contribution in [3.05, 3.63) is 48.0 Å². The Hall–Kier alpha value is -3.06. The van der Waals surface area contributed by atoms with E-state index in [0.29, 0.717) is 30.3 Å². The number of fused-ring (bicyclic) bond motifs is 1. The predicted octanol–water partition coefficient (Wildman–Crippen LogP) is 3.92. The summed E-state index contributed by atoms with van der Waals surface area (Å²) in [6, 6.07) is 14.5. The average molecular weight is 422 g/mol. The van der Waals surface area contributed by atoms with Crippen molar-refractivity contribution >= 4 is 22.7 Å². The molecule has 1 aliphatic carbocycles. The number of aromatic hydroxyl groups is 1. The average Bonchev–Trinajstić information content (AvgIpc) is 2.79. The lowest BCUT2D eigenvalue weighted by Crippen LogP contribution is -2.37. The molecule has 0 bridgehead atoms. The zero-order valence-corrected chi connectivity index (χ0v) is 18.4. The number of anilines is 2. The lowest BCUT2D eigenvalue weighted by molar-refractivity contribution is 0.345. The highest BCUT2D eigenvalue weighted by Gasteiger charge is 2.22. The van der Waals surface area contributed by atoms with Crippen LogP contribution in [0, 0.1) is 0 Å². The van der Waals surface area contributed by atoms with Crippen molar-refractivity contribution in [1.29, 1.82) is 0 Å². The summed E-state index contributed by atoms with van der Waals surface area (Å²) in [7, 11) is 5.59. The molecule has 164 valence electrons. The molecule has 0 unspecified atom stereocenters. The minimum absolute atomic E-state index is 0.220. The van der Waals surface area contributed by atoms with Crippen LogP contribution in [0.2, 0.25) is 0 Å². The molecule has 1 saturated carbocycles. The Morgan fingerprint density at radius 2 is 1.74 bits per heavy atom. The number of nitrogens with one attached hydrogen (secondary N) is 2. The van der Waals surface area contributed by atoms with Gasteiger partial charge < -0.3 is 25.4 Å². The first-order valence-electron chi connectivity index (χ1n) is 10.8. The SMILES string of the molecule is COc1cccc(CNC2CCC(Nc3nc(N(C)C)c4ccccc4n3)CC2)c1O. The minimum atomic E-state index is 0.220. The minimum Gasteiger partial charge on any atom is -0.504 e. The molecule has 7 nitrogen and oxygen atoms in total.